The van der Waals surface area contributed by atoms with E-state index in [9.17, 15) is 0 Å². The van der Waals surface area contributed by atoms with E-state index < -0.39 is 0 Å². The van der Waals surface area contributed by atoms with Crippen molar-refractivity contribution in [2.24, 2.45) is 0 Å². The first kappa shape index (κ1) is 19.5. The van der Waals surface area contributed by atoms with Crippen molar-refractivity contribution in [2.75, 3.05) is 27.6 Å². The van der Waals surface area contributed by atoms with Gasteiger partial charge in [0.2, 0.25) is 6.79 Å². The van der Waals surface area contributed by atoms with Crippen LogP contribution in [0.5, 0.6) is 23.0 Å². The number of ether oxygens (including phenoxy) is 4. The third-order valence-electron chi connectivity index (χ3n) is 7.14. The molecule has 0 radical (unpaired) electrons. The standard InChI is InChI=1S/C27H27NO4/c1-29-23-9-8-19-21(12-17-6-4-3-5-7-17)26-20-14-25-24(31-16-32-25)13-18(20)10-11-28(26)15-22(19)27(23)30-2/h3-9,13-14,21,26H,10-12,15-16H2,1-2H3/t21-,26-/m0/s1. The average molecular weight is 430 g/mol. The number of methoxy groups -OCH3 is 2. The molecule has 0 N–H and O–H groups in total. The van der Waals surface area contributed by atoms with Crippen molar-refractivity contribution in [1.29, 1.82) is 0 Å². The van der Waals surface area contributed by atoms with Gasteiger partial charge >= 0.3 is 0 Å². The van der Waals surface area contributed by atoms with Gasteiger partial charge < -0.3 is 18.9 Å². The van der Waals surface area contributed by atoms with Crippen molar-refractivity contribution in [3.8, 4) is 23.0 Å². The molecule has 3 aromatic carbocycles. The van der Waals surface area contributed by atoms with Gasteiger partial charge in [0, 0.05) is 30.6 Å². The lowest BCUT2D eigenvalue weighted by atomic mass is 9.73. The lowest BCUT2D eigenvalue weighted by molar-refractivity contribution is 0.130. The Balaban J connectivity index is 1.52. The average Bonchev–Trinajstić information content (AvgIpc) is 3.29. The van der Waals surface area contributed by atoms with Crippen LogP contribution in [0.25, 0.3) is 0 Å². The maximum atomic E-state index is 5.85. The Hall–Kier alpha value is -3.18. The zero-order chi connectivity index (χ0) is 21.7. The van der Waals surface area contributed by atoms with Gasteiger partial charge in [-0.1, -0.05) is 36.4 Å². The van der Waals surface area contributed by atoms with Crippen molar-refractivity contribution < 1.29 is 18.9 Å². The van der Waals surface area contributed by atoms with E-state index in [0.717, 1.165) is 48.9 Å². The minimum absolute atomic E-state index is 0.277. The molecule has 5 heteroatoms. The molecule has 2 atom stereocenters. The van der Waals surface area contributed by atoms with E-state index in [-0.39, 0.29) is 6.04 Å². The second-order valence-electron chi connectivity index (χ2n) is 8.73. The van der Waals surface area contributed by atoms with Crippen LogP contribution in [-0.4, -0.2) is 32.5 Å². The topological polar surface area (TPSA) is 40.2 Å². The van der Waals surface area contributed by atoms with Gasteiger partial charge in [-0.25, -0.2) is 0 Å². The first-order chi connectivity index (χ1) is 15.8. The molecule has 5 nitrogen and oxygen atoms in total. The Labute approximate surface area is 188 Å². The van der Waals surface area contributed by atoms with Crippen LogP contribution in [0, 0.1) is 0 Å². The van der Waals surface area contributed by atoms with Gasteiger partial charge in [0.05, 0.1) is 14.2 Å². The molecule has 0 spiro atoms. The van der Waals surface area contributed by atoms with E-state index in [1.54, 1.807) is 14.2 Å². The Bertz CT molecular complexity index is 1160. The van der Waals surface area contributed by atoms with Crippen molar-refractivity contribution in [3.63, 3.8) is 0 Å². The Morgan fingerprint density at radius 2 is 1.75 bits per heavy atom. The van der Waals surface area contributed by atoms with Gasteiger partial charge in [-0.05, 0) is 53.3 Å². The molecule has 3 aliphatic heterocycles. The summed E-state index contributed by atoms with van der Waals surface area (Å²) in [6.07, 6.45) is 1.96. The molecule has 0 fully saturated rings. The predicted molar refractivity (Wildman–Crippen MR) is 122 cm³/mol. The van der Waals surface area contributed by atoms with Crippen molar-refractivity contribution in [1.82, 2.24) is 4.90 Å². The summed E-state index contributed by atoms with van der Waals surface area (Å²) < 4.78 is 22.9. The summed E-state index contributed by atoms with van der Waals surface area (Å²) in [4.78, 5) is 2.60. The van der Waals surface area contributed by atoms with Gasteiger partial charge in [-0.15, -0.1) is 0 Å². The monoisotopic (exact) mass is 429 g/mol. The van der Waals surface area contributed by atoms with E-state index in [1.807, 2.05) is 0 Å². The van der Waals surface area contributed by atoms with Crippen LogP contribution >= 0.6 is 0 Å². The van der Waals surface area contributed by atoms with Crippen LogP contribution in [0.4, 0.5) is 0 Å². The second kappa shape index (κ2) is 7.75. The molecule has 0 aromatic heterocycles. The van der Waals surface area contributed by atoms with Gasteiger partial charge in [0.15, 0.2) is 23.0 Å². The largest absolute Gasteiger partial charge is 0.493 e. The van der Waals surface area contributed by atoms with Crippen LogP contribution in [-0.2, 0) is 19.4 Å². The number of hydrogen-bond donors (Lipinski definition) is 0. The Morgan fingerprint density at radius 1 is 0.938 bits per heavy atom. The zero-order valence-electron chi connectivity index (χ0n) is 18.5. The molecule has 32 heavy (non-hydrogen) atoms. The van der Waals surface area contributed by atoms with Gasteiger partial charge in [-0.2, -0.15) is 0 Å². The molecule has 0 saturated heterocycles. The molecule has 164 valence electrons. The second-order valence-corrected chi connectivity index (χ2v) is 8.73. The zero-order valence-corrected chi connectivity index (χ0v) is 18.5. The van der Waals surface area contributed by atoms with E-state index in [0.29, 0.717) is 12.7 Å². The minimum Gasteiger partial charge on any atom is -0.493 e. The first-order valence-electron chi connectivity index (χ1n) is 11.2. The molecule has 0 saturated carbocycles. The Kier molecular flexibility index (Phi) is 4.72. The number of benzene rings is 3. The molecule has 3 heterocycles. The summed E-state index contributed by atoms with van der Waals surface area (Å²) in [5.74, 6) is 3.68. The number of rotatable bonds is 4. The summed E-state index contributed by atoms with van der Waals surface area (Å²) in [6.45, 7) is 2.15. The molecule has 0 aliphatic carbocycles. The first-order valence-corrected chi connectivity index (χ1v) is 11.2. The Morgan fingerprint density at radius 3 is 2.53 bits per heavy atom. The highest BCUT2D eigenvalue weighted by molar-refractivity contribution is 5.57. The van der Waals surface area contributed by atoms with Crippen molar-refractivity contribution >= 4 is 0 Å². The predicted octanol–water partition coefficient (Wildman–Crippen LogP) is 4.87. The highest BCUT2D eigenvalue weighted by atomic mass is 16.7. The fourth-order valence-electron chi connectivity index (χ4n) is 5.72. The third kappa shape index (κ3) is 3.03. The molecule has 3 aliphatic rings. The van der Waals surface area contributed by atoms with Crippen LogP contribution < -0.4 is 18.9 Å². The molecule has 0 bridgehead atoms. The van der Waals surface area contributed by atoms with Crippen molar-refractivity contribution in [3.05, 3.63) is 82.4 Å². The maximum absolute atomic E-state index is 5.85. The van der Waals surface area contributed by atoms with Crippen molar-refractivity contribution in [2.45, 2.75) is 31.3 Å². The molecule has 3 aromatic rings. The molecule has 0 unspecified atom stereocenters. The van der Waals surface area contributed by atoms with Gasteiger partial charge in [0.25, 0.3) is 0 Å². The lowest BCUT2D eigenvalue weighted by Crippen LogP contribution is -2.42. The molecule has 0 amide bonds. The summed E-state index contributed by atoms with van der Waals surface area (Å²) in [6, 6.07) is 19.8. The molecular weight excluding hydrogens is 402 g/mol. The fraction of sp³-hybridized carbons (Fsp3) is 0.333. The van der Waals surface area contributed by atoms with Crippen LogP contribution in [0.3, 0.4) is 0 Å². The molecular formula is C27H27NO4. The quantitative estimate of drug-likeness (QED) is 0.592. The maximum Gasteiger partial charge on any atom is 0.231 e. The lowest BCUT2D eigenvalue weighted by Gasteiger charge is -2.46. The summed E-state index contributed by atoms with van der Waals surface area (Å²) >= 11 is 0. The van der Waals surface area contributed by atoms with E-state index >= 15 is 0 Å². The fourth-order valence-corrected chi connectivity index (χ4v) is 5.72. The van der Waals surface area contributed by atoms with E-state index in [2.05, 4.69) is 59.5 Å². The van der Waals surface area contributed by atoms with E-state index in [4.69, 9.17) is 18.9 Å². The highest BCUT2D eigenvalue weighted by Gasteiger charge is 2.41. The van der Waals surface area contributed by atoms with Gasteiger partial charge in [-0.3, -0.25) is 4.90 Å². The van der Waals surface area contributed by atoms with Gasteiger partial charge in [0.1, 0.15) is 0 Å². The smallest absolute Gasteiger partial charge is 0.231 e. The summed E-state index contributed by atoms with van der Waals surface area (Å²) in [5, 5.41) is 0. The summed E-state index contributed by atoms with van der Waals surface area (Å²) in [5.41, 5.74) is 6.67. The SMILES string of the molecule is COc1ccc2c(c1OC)CN1CCc3cc4c(cc3[C@H]1[C@H]2Cc1ccccc1)OCO4. The highest BCUT2D eigenvalue weighted by Crippen LogP contribution is 2.52. The molecule has 6 rings (SSSR count). The van der Waals surface area contributed by atoms with E-state index in [1.165, 1.54) is 27.8 Å². The minimum atomic E-state index is 0.277. The van der Waals surface area contributed by atoms with Crippen LogP contribution in [0.2, 0.25) is 0 Å². The number of hydrogen-bond acceptors (Lipinski definition) is 5. The normalized spacial score (nSPS) is 20.8. The van der Waals surface area contributed by atoms with Crippen LogP contribution in [0.15, 0.2) is 54.6 Å². The third-order valence-corrected chi connectivity index (χ3v) is 7.14. The number of fused-ring (bicyclic) bond motifs is 5. The summed E-state index contributed by atoms with van der Waals surface area (Å²) in [7, 11) is 3.44. The van der Waals surface area contributed by atoms with Crippen LogP contribution in [0.1, 0.15) is 39.8 Å². The number of nitrogens with zero attached hydrogens (tertiary/aromatic N) is 1.